The Morgan fingerprint density at radius 3 is 2.37 bits per heavy atom. The number of rotatable bonds is 4. The van der Waals surface area contributed by atoms with Crippen molar-refractivity contribution in [2.24, 2.45) is 0 Å². The van der Waals surface area contributed by atoms with Crippen LogP contribution < -0.4 is 5.32 Å². The molecule has 150 valence electrons. The first-order chi connectivity index (χ1) is 14.4. The number of benzene rings is 3. The van der Waals surface area contributed by atoms with E-state index in [0.29, 0.717) is 10.6 Å². The number of aryl methyl sites for hydroxylation is 2. The van der Waals surface area contributed by atoms with Crippen molar-refractivity contribution in [1.82, 2.24) is 10.3 Å². The van der Waals surface area contributed by atoms with Gasteiger partial charge in [-0.1, -0.05) is 65.7 Å². The first-order valence-electron chi connectivity index (χ1n) is 9.96. The second-order valence-corrected chi connectivity index (χ2v) is 8.08. The summed E-state index contributed by atoms with van der Waals surface area (Å²) < 4.78 is 0. The quantitative estimate of drug-likeness (QED) is 0.405. The largest absolute Gasteiger partial charge is 0.345 e. The summed E-state index contributed by atoms with van der Waals surface area (Å²) in [5, 5.41) is 4.67. The van der Waals surface area contributed by atoms with Gasteiger partial charge in [0.2, 0.25) is 0 Å². The standard InChI is InChI=1S/C26H23ClN2O/c1-16-13-17(2)25-22(14-16)23(15-24(29-25)20-9-11-21(27)12-10-20)26(30)28-18(3)19-7-5-4-6-8-19/h4-15,18H,1-3H3,(H,28,30). The molecular weight excluding hydrogens is 392 g/mol. The van der Waals surface area contributed by atoms with Crippen molar-refractivity contribution in [3.8, 4) is 11.3 Å². The van der Waals surface area contributed by atoms with Crippen molar-refractivity contribution in [1.29, 1.82) is 0 Å². The zero-order chi connectivity index (χ0) is 21.3. The van der Waals surface area contributed by atoms with Crippen molar-refractivity contribution < 1.29 is 4.79 Å². The molecule has 0 fully saturated rings. The fraction of sp³-hybridized carbons (Fsp3) is 0.154. The number of carbonyl (C=O) groups is 1. The van der Waals surface area contributed by atoms with Gasteiger partial charge in [-0.2, -0.15) is 0 Å². The lowest BCUT2D eigenvalue weighted by atomic mass is 9.99. The highest BCUT2D eigenvalue weighted by atomic mass is 35.5. The second kappa shape index (κ2) is 8.29. The molecule has 0 aliphatic rings. The summed E-state index contributed by atoms with van der Waals surface area (Å²) in [5.41, 5.74) is 6.35. The summed E-state index contributed by atoms with van der Waals surface area (Å²) >= 11 is 6.05. The Kier molecular flexibility index (Phi) is 5.56. The van der Waals surface area contributed by atoms with Crippen molar-refractivity contribution in [3.05, 3.63) is 100 Å². The Morgan fingerprint density at radius 2 is 1.67 bits per heavy atom. The van der Waals surface area contributed by atoms with Crippen LogP contribution in [0.15, 0.2) is 72.8 Å². The molecule has 30 heavy (non-hydrogen) atoms. The van der Waals surface area contributed by atoms with Gasteiger partial charge in [0, 0.05) is 16.0 Å². The van der Waals surface area contributed by atoms with Gasteiger partial charge >= 0.3 is 0 Å². The van der Waals surface area contributed by atoms with Crippen molar-refractivity contribution in [3.63, 3.8) is 0 Å². The van der Waals surface area contributed by atoms with Crippen LogP contribution in [0.25, 0.3) is 22.2 Å². The summed E-state index contributed by atoms with van der Waals surface area (Å²) in [6, 6.07) is 23.4. The number of hydrogen-bond acceptors (Lipinski definition) is 2. The number of aromatic nitrogens is 1. The molecule has 0 saturated heterocycles. The number of halogens is 1. The second-order valence-electron chi connectivity index (χ2n) is 7.65. The predicted octanol–water partition coefficient (Wildman–Crippen LogP) is 6.66. The lowest BCUT2D eigenvalue weighted by Crippen LogP contribution is -2.27. The van der Waals surface area contributed by atoms with Crippen molar-refractivity contribution >= 4 is 28.4 Å². The van der Waals surface area contributed by atoms with E-state index in [9.17, 15) is 4.79 Å². The Labute approximate surface area is 181 Å². The lowest BCUT2D eigenvalue weighted by molar-refractivity contribution is 0.0941. The predicted molar refractivity (Wildman–Crippen MR) is 124 cm³/mol. The van der Waals surface area contributed by atoms with E-state index in [4.69, 9.17) is 16.6 Å². The monoisotopic (exact) mass is 414 g/mol. The Morgan fingerprint density at radius 1 is 0.967 bits per heavy atom. The summed E-state index contributed by atoms with van der Waals surface area (Å²) in [7, 11) is 0. The fourth-order valence-corrected chi connectivity index (χ4v) is 3.86. The van der Waals surface area contributed by atoms with E-state index in [0.717, 1.165) is 38.9 Å². The van der Waals surface area contributed by atoms with Crippen LogP contribution in [-0.4, -0.2) is 10.9 Å². The first kappa shape index (κ1) is 20.1. The molecule has 1 amide bonds. The number of fused-ring (bicyclic) bond motifs is 1. The SMILES string of the molecule is Cc1cc(C)c2nc(-c3ccc(Cl)cc3)cc(C(=O)NC(C)c3ccccc3)c2c1. The number of amides is 1. The van der Waals surface area contributed by atoms with Gasteiger partial charge in [-0.25, -0.2) is 4.98 Å². The Hall–Kier alpha value is -3.17. The highest BCUT2D eigenvalue weighted by molar-refractivity contribution is 6.30. The summed E-state index contributed by atoms with van der Waals surface area (Å²) in [6.07, 6.45) is 0. The maximum absolute atomic E-state index is 13.3. The minimum Gasteiger partial charge on any atom is -0.345 e. The van der Waals surface area contributed by atoms with E-state index in [1.807, 2.05) is 87.5 Å². The smallest absolute Gasteiger partial charge is 0.252 e. The van der Waals surface area contributed by atoms with E-state index in [1.54, 1.807) is 0 Å². The van der Waals surface area contributed by atoms with Gasteiger partial charge in [0.15, 0.2) is 0 Å². The first-order valence-corrected chi connectivity index (χ1v) is 10.3. The average Bonchev–Trinajstić information content (AvgIpc) is 2.74. The Bertz CT molecular complexity index is 1220. The normalized spacial score (nSPS) is 12.0. The fourth-order valence-electron chi connectivity index (χ4n) is 3.74. The molecule has 0 radical (unpaired) electrons. The molecular formula is C26H23ClN2O. The van der Waals surface area contributed by atoms with Crippen LogP contribution in [0.1, 0.15) is 40.0 Å². The molecule has 4 heteroatoms. The van der Waals surface area contributed by atoms with Crippen LogP contribution in [0.4, 0.5) is 0 Å². The third-order valence-electron chi connectivity index (χ3n) is 5.28. The summed E-state index contributed by atoms with van der Waals surface area (Å²) in [6.45, 7) is 6.06. The van der Waals surface area contributed by atoms with Crippen LogP contribution in [0.3, 0.4) is 0 Å². The maximum atomic E-state index is 13.3. The molecule has 0 bridgehead atoms. The van der Waals surface area contributed by atoms with E-state index in [1.165, 1.54) is 0 Å². The molecule has 3 nitrogen and oxygen atoms in total. The molecule has 0 aliphatic carbocycles. The van der Waals surface area contributed by atoms with Gasteiger partial charge in [-0.3, -0.25) is 4.79 Å². The highest BCUT2D eigenvalue weighted by Gasteiger charge is 2.18. The van der Waals surface area contributed by atoms with Crippen LogP contribution >= 0.6 is 11.6 Å². The summed E-state index contributed by atoms with van der Waals surface area (Å²) in [4.78, 5) is 18.2. The average molecular weight is 415 g/mol. The van der Waals surface area contributed by atoms with Gasteiger partial charge in [0.05, 0.1) is 22.8 Å². The van der Waals surface area contributed by atoms with Crippen molar-refractivity contribution in [2.45, 2.75) is 26.8 Å². The van der Waals surface area contributed by atoms with Gasteiger partial charge in [0.25, 0.3) is 5.91 Å². The van der Waals surface area contributed by atoms with Crippen LogP contribution in [-0.2, 0) is 0 Å². The molecule has 1 N–H and O–H groups in total. The Balaban J connectivity index is 1.82. The maximum Gasteiger partial charge on any atom is 0.252 e. The van der Waals surface area contributed by atoms with Gasteiger partial charge in [-0.05, 0) is 56.2 Å². The summed E-state index contributed by atoms with van der Waals surface area (Å²) in [5.74, 6) is -0.112. The lowest BCUT2D eigenvalue weighted by Gasteiger charge is -2.17. The molecule has 3 aromatic carbocycles. The molecule has 1 atom stereocenters. The molecule has 1 aromatic heterocycles. The molecule has 4 rings (SSSR count). The third-order valence-corrected chi connectivity index (χ3v) is 5.53. The number of nitrogens with one attached hydrogen (secondary N) is 1. The van der Waals surface area contributed by atoms with Crippen molar-refractivity contribution in [2.75, 3.05) is 0 Å². The van der Waals surface area contributed by atoms with Crippen LogP contribution in [0, 0.1) is 13.8 Å². The number of carbonyl (C=O) groups excluding carboxylic acids is 1. The van der Waals surface area contributed by atoms with Gasteiger partial charge in [-0.15, -0.1) is 0 Å². The van der Waals surface area contributed by atoms with Gasteiger partial charge < -0.3 is 5.32 Å². The number of hydrogen-bond donors (Lipinski definition) is 1. The number of nitrogens with zero attached hydrogens (tertiary/aromatic N) is 1. The molecule has 0 saturated carbocycles. The third kappa shape index (κ3) is 4.07. The van der Waals surface area contributed by atoms with E-state index < -0.39 is 0 Å². The minimum absolute atomic E-state index is 0.105. The molecule has 1 heterocycles. The molecule has 4 aromatic rings. The topological polar surface area (TPSA) is 42.0 Å². The zero-order valence-electron chi connectivity index (χ0n) is 17.2. The molecule has 0 aliphatic heterocycles. The van der Waals surface area contributed by atoms with E-state index >= 15 is 0 Å². The zero-order valence-corrected chi connectivity index (χ0v) is 18.0. The minimum atomic E-state index is -0.112. The van der Waals surface area contributed by atoms with Crippen LogP contribution in [0.5, 0.6) is 0 Å². The van der Waals surface area contributed by atoms with E-state index in [2.05, 4.69) is 11.4 Å². The van der Waals surface area contributed by atoms with Gasteiger partial charge in [0.1, 0.15) is 0 Å². The highest BCUT2D eigenvalue weighted by Crippen LogP contribution is 2.29. The van der Waals surface area contributed by atoms with E-state index in [-0.39, 0.29) is 11.9 Å². The molecule has 0 spiro atoms. The number of pyridine rings is 1. The molecule has 1 unspecified atom stereocenters. The van der Waals surface area contributed by atoms with Crippen LogP contribution in [0.2, 0.25) is 5.02 Å².